The fourth-order valence-corrected chi connectivity index (χ4v) is 1.76. The van der Waals surface area contributed by atoms with E-state index in [0.717, 1.165) is 11.4 Å². The minimum atomic E-state index is -0.565. The van der Waals surface area contributed by atoms with Gasteiger partial charge < -0.3 is 9.73 Å². The molecule has 3 rings (SSSR count). The van der Waals surface area contributed by atoms with E-state index in [0.29, 0.717) is 12.3 Å². The van der Waals surface area contributed by atoms with Crippen LogP contribution in [-0.4, -0.2) is 25.1 Å². The zero-order valence-electron chi connectivity index (χ0n) is 10.7. The molecule has 0 atom stereocenters. The number of nitro groups is 1. The highest BCUT2D eigenvalue weighted by Crippen LogP contribution is 2.18. The van der Waals surface area contributed by atoms with Gasteiger partial charge in [0.05, 0.1) is 18.3 Å². The number of nitrogens with zero attached hydrogens (tertiary/aromatic N) is 5. The quantitative estimate of drug-likeness (QED) is 0.561. The third-order valence-corrected chi connectivity index (χ3v) is 2.78. The third kappa shape index (κ3) is 2.86. The van der Waals surface area contributed by atoms with Crippen LogP contribution in [-0.2, 0) is 6.54 Å². The Hall–Kier alpha value is -3.23. The molecule has 106 valence electrons. The van der Waals surface area contributed by atoms with Crippen molar-refractivity contribution in [2.45, 2.75) is 6.54 Å². The second-order valence-corrected chi connectivity index (χ2v) is 4.15. The summed E-state index contributed by atoms with van der Waals surface area (Å²) < 4.78 is 6.60. The summed E-state index contributed by atoms with van der Waals surface area (Å²) in [4.78, 5) is 9.95. The van der Waals surface area contributed by atoms with E-state index < -0.39 is 4.92 Å². The smallest absolute Gasteiger partial charge is 0.404 e. The number of aromatic nitrogens is 4. The largest absolute Gasteiger partial charge is 0.433 e. The van der Waals surface area contributed by atoms with Crippen LogP contribution in [0, 0.1) is 10.1 Å². The van der Waals surface area contributed by atoms with Gasteiger partial charge in [0.2, 0.25) is 0 Å². The summed E-state index contributed by atoms with van der Waals surface area (Å²) in [7, 11) is 0. The highest BCUT2D eigenvalue weighted by Gasteiger charge is 2.11. The van der Waals surface area contributed by atoms with Crippen molar-refractivity contribution in [2.24, 2.45) is 0 Å². The number of benzene rings is 1. The highest BCUT2D eigenvalue weighted by molar-refractivity contribution is 5.48. The lowest BCUT2D eigenvalue weighted by atomic mass is 10.3. The molecule has 0 amide bonds. The van der Waals surface area contributed by atoms with Crippen molar-refractivity contribution in [3.8, 4) is 5.69 Å². The van der Waals surface area contributed by atoms with Crippen molar-refractivity contribution in [1.29, 1.82) is 0 Å². The molecule has 21 heavy (non-hydrogen) atoms. The van der Waals surface area contributed by atoms with Gasteiger partial charge in [0.25, 0.3) is 0 Å². The lowest BCUT2D eigenvalue weighted by Crippen LogP contribution is -1.99. The van der Waals surface area contributed by atoms with Crippen molar-refractivity contribution >= 4 is 11.6 Å². The van der Waals surface area contributed by atoms with Gasteiger partial charge in [-0.05, 0) is 40.8 Å². The van der Waals surface area contributed by atoms with Gasteiger partial charge in [0.1, 0.15) is 17.0 Å². The van der Waals surface area contributed by atoms with Crippen LogP contribution in [0.2, 0.25) is 0 Å². The maximum atomic E-state index is 10.5. The van der Waals surface area contributed by atoms with Crippen molar-refractivity contribution in [3.05, 3.63) is 58.6 Å². The Labute approximate surface area is 118 Å². The van der Waals surface area contributed by atoms with Crippen LogP contribution < -0.4 is 5.32 Å². The first kappa shape index (κ1) is 12.8. The predicted molar refractivity (Wildman–Crippen MR) is 71.8 cm³/mol. The van der Waals surface area contributed by atoms with Gasteiger partial charge in [0, 0.05) is 5.69 Å². The lowest BCUT2D eigenvalue weighted by molar-refractivity contribution is -0.402. The summed E-state index contributed by atoms with van der Waals surface area (Å²) in [6.07, 6.45) is 1.50. The standard InChI is InChI=1S/C12H10N6O3/c19-18(20)12-6-5-11(21-12)7-13-9-1-3-10(4-2-9)17-8-14-15-16-17/h1-6,8,13H,7H2. The van der Waals surface area contributed by atoms with Gasteiger partial charge in [-0.25, -0.2) is 4.68 Å². The molecule has 1 aromatic carbocycles. The Morgan fingerprint density at radius 3 is 2.67 bits per heavy atom. The topological polar surface area (TPSA) is 112 Å². The summed E-state index contributed by atoms with van der Waals surface area (Å²) in [6, 6.07) is 10.3. The Kier molecular flexibility index (Phi) is 3.29. The molecule has 9 heteroatoms. The summed E-state index contributed by atoms with van der Waals surface area (Å²) >= 11 is 0. The van der Waals surface area contributed by atoms with Crippen molar-refractivity contribution in [3.63, 3.8) is 0 Å². The lowest BCUT2D eigenvalue weighted by Gasteiger charge is -2.05. The van der Waals surface area contributed by atoms with E-state index >= 15 is 0 Å². The summed E-state index contributed by atoms with van der Waals surface area (Å²) in [5.41, 5.74) is 1.69. The van der Waals surface area contributed by atoms with Crippen molar-refractivity contribution < 1.29 is 9.34 Å². The van der Waals surface area contributed by atoms with E-state index in [1.807, 2.05) is 24.3 Å². The second kappa shape index (κ2) is 5.41. The number of tetrazole rings is 1. The number of furan rings is 1. The average Bonchev–Trinajstić information content (AvgIpc) is 3.17. The molecule has 9 nitrogen and oxygen atoms in total. The monoisotopic (exact) mass is 286 g/mol. The fourth-order valence-electron chi connectivity index (χ4n) is 1.76. The molecular weight excluding hydrogens is 276 g/mol. The van der Waals surface area contributed by atoms with E-state index in [9.17, 15) is 10.1 Å². The van der Waals surface area contributed by atoms with Crippen molar-refractivity contribution in [1.82, 2.24) is 20.2 Å². The predicted octanol–water partition coefficient (Wildman–Crippen LogP) is 1.78. The highest BCUT2D eigenvalue weighted by atomic mass is 16.6. The first-order valence-electron chi connectivity index (χ1n) is 6.03. The second-order valence-electron chi connectivity index (χ2n) is 4.15. The normalized spacial score (nSPS) is 10.5. The van der Waals surface area contributed by atoms with Crippen LogP contribution in [0.1, 0.15) is 5.76 Å². The van der Waals surface area contributed by atoms with E-state index in [2.05, 4.69) is 20.8 Å². The molecule has 0 unspecified atom stereocenters. The molecule has 0 bridgehead atoms. The fraction of sp³-hybridized carbons (Fsp3) is 0.0833. The van der Waals surface area contributed by atoms with Crippen LogP contribution >= 0.6 is 0 Å². The van der Waals surface area contributed by atoms with Gasteiger partial charge >= 0.3 is 5.88 Å². The molecule has 0 saturated heterocycles. The first-order chi connectivity index (χ1) is 10.2. The molecule has 2 heterocycles. The SMILES string of the molecule is O=[N+]([O-])c1ccc(CNc2ccc(-n3cnnn3)cc2)o1. The Bertz CT molecular complexity index is 735. The molecule has 0 fully saturated rings. The van der Waals surface area contributed by atoms with E-state index in [4.69, 9.17) is 4.42 Å². The van der Waals surface area contributed by atoms with Gasteiger partial charge in [-0.15, -0.1) is 5.10 Å². The van der Waals surface area contributed by atoms with Gasteiger partial charge in [-0.3, -0.25) is 10.1 Å². The van der Waals surface area contributed by atoms with Gasteiger partial charge in [0.15, 0.2) is 0 Å². The molecule has 1 N–H and O–H groups in total. The summed E-state index contributed by atoms with van der Waals surface area (Å²) in [6.45, 7) is 0.359. The number of hydrogen-bond acceptors (Lipinski definition) is 7. The Morgan fingerprint density at radius 1 is 1.24 bits per heavy atom. The maximum absolute atomic E-state index is 10.5. The summed E-state index contributed by atoms with van der Waals surface area (Å²) in [5, 5.41) is 24.5. The van der Waals surface area contributed by atoms with Gasteiger partial charge in [-0.2, -0.15) is 0 Å². The minimum absolute atomic E-state index is 0.263. The molecule has 0 saturated carbocycles. The van der Waals surface area contributed by atoms with Crippen LogP contribution in [0.3, 0.4) is 0 Å². The molecule has 0 aliphatic heterocycles. The third-order valence-electron chi connectivity index (χ3n) is 2.78. The van der Waals surface area contributed by atoms with E-state index in [-0.39, 0.29) is 5.88 Å². The van der Waals surface area contributed by atoms with Crippen LogP contribution in [0.15, 0.2) is 47.1 Å². The zero-order valence-corrected chi connectivity index (χ0v) is 10.7. The number of rotatable bonds is 5. The zero-order chi connectivity index (χ0) is 14.7. The average molecular weight is 286 g/mol. The molecule has 2 aromatic heterocycles. The van der Waals surface area contributed by atoms with Crippen LogP contribution in [0.4, 0.5) is 11.6 Å². The first-order valence-corrected chi connectivity index (χ1v) is 6.03. The Balaban J connectivity index is 1.64. The molecule has 3 aromatic rings. The van der Waals surface area contributed by atoms with Crippen molar-refractivity contribution in [2.75, 3.05) is 5.32 Å². The van der Waals surface area contributed by atoms with Crippen LogP contribution in [0.5, 0.6) is 0 Å². The minimum Gasteiger partial charge on any atom is -0.404 e. The Morgan fingerprint density at radius 2 is 2.05 bits per heavy atom. The number of nitrogens with one attached hydrogen (secondary N) is 1. The molecular formula is C12H10N6O3. The molecule has 0 aliphatic carbocycles. The van der Waals surface area contributed by atoms with Gasteiger partial charge in [-0.1, -0.05) is 0 Å². The number of anilines is 1. The maximum Gasteiger partial charge on any atom is 0.433 e. The van der Waals surface area contributed by atoms with E-state index in [1.165, 1.54) is 12.4 Å². The molecule has 0 spiro atoms. The van der Waals surface area contributed by atoms with Crippen LogP contribution in [0.25, 0.3) is 5.69 Å². The molecule has 0 aliphatic rings. The number of hydrogen-bond donors (Lipinski definition) is 1. The molecule has 0 radical (unpaired) electrons. The summed E-state index contributed by atoms with van der Waals surface area (Å²) in [5.74, 6) is 0.229. The van der Waals surface area contributed by atoms with E-state index in [1.54, 1.807) is 10.7 Å².